The van der Waals surface area contributed by atoms with Crippen LogP contribution in [0.2, 0.25) is 0 Å². The quantitative estimate of drug-likeness (QED) is 0.611. The number of hydrogen-bond donors (Lipinski definition) is 2. The number of carbonyl (C=O) groups excluding carboxylic acids is 2. The number of fused-ring (bicyclic) bond motifs is 1. The van der Waals surface area contributed by atoms with E-state index in [9.17, 15) is 9.59 Å². The van der Waals surface area contributed by atoms with Gasteiger partial charge in [0.1, 0.15) is 17.9 Å². The van der Waals surface area contributed by atoms with Crippen molar-refractivity contribution in [1.29, 1.82) is 0 Å². The van der Waals surface area contributed by atoms with Crippen molar-refractivity contribution in [2.75, 3.05) is 0 Å². The first-order chi connectivity index (χ1) is 17.0. The van der Waals surface area contributed by atoms with Crippen molar-refractivity contribution in [3.05, 3.63) is 82.8 Å². The number of benzene rings is 2. The minimum Gasteiger partial charge on any atom is -0.489 e. The highest BCUT2D eigenvalue weighted by Crippen LogP contribution is 2.32. The van der Waals surface area contributed by atoms with Gasteiger partial charge in [0.2, 0.25) is 5.91 Å². The van der Waals surface area contributed by atoms with Crippen molar-refractivity contribution in [2.45, 2.75) is 69.8 Å². The zero-order chi connectivity index (χ0) is 24.4. The standard InChI is InChI=1S/C28H30N4O3/c1-18-7-14-25(27(33)31-18)32-17-20-15-22(12-13-23(20)28(32)34)35-26-6-4-3-5-24(26)30-16-19-8-10-21(29-2)11-9-19/h8-13,15,24-26,30H,1,3-7,14,16-17H2,(H,31,33)/t24-,25?,26+/m0/s1. The van der Waals surface area contributed by atoms with E-state index in [1.807, 2.05) is 42.5 Å². The largest absolute Gasteiger partial charge is 0.489 e. The van der Waals surface area contributed by atoms with Gasteiger partial charge in [-0.05, 0) is 61.4 Å². The molecule has 5 rings (SSSR count). The van der Waals surface area contributed by atoms with Crippen LogP contribution in [0.15, 0.2) is 54.7 Å². The van der Waals surface area contributed by atoms with Crippen LogP contribution in [0.25, 0.3) is 4.85 Å². The number of ether oxygens (including phenoxy) is 1. The molecule has 0 bridgehead atoms. The monoisotopic (exact) mass is 470 g/mol. The molecule has 2 fully saturated rings. The molecule has 3 aliphatic rings. The fourth-order valence-electron chi connectivity index (χ4n) is 5.29. The first-order valence-electron chi connectivity index (χ1n) is 12.3. The summed E-state index contributed by atoms with van der Waals surface area (Å²) in [5.41, 5.74) is 4.06. The molecule has 0 radical (unpaired) electrons. The van der Waals surface area contributed by atoms with Gasteiger partial charge in [-0.1, -0.05) is 37.3 Å². The highest BCUT2D eigenvalue weighted by atomic mass is 16.5. The van der Waals surface area contributed by atoms with Crippen molar-refractivity contribution in [3.8, 4) is 5.75 Å². The highest BCUT2D eigenvalue weighted by Gasteiger charge is 2.38. The zero-order valence-electron chi connectivity index (χ0n) is 19.8. The average Bonchev–Trinajstić information content (AvgIpc) is 3.19. The van der Waals surface area contributed by atoms with Gasteiger partial charge in [0.15, 0.2) is 5.69 Å². The fraction of sp³-hybridized carbons (Fsp3) is 0.393. The van der Waals surface area contributed by atoms with E-state index in [1.54, 1.807) is 4.90 Å². The van der Waals surface area contributed by atoms with Crippen LogP contribution in [0.3, 0.4) is 0 Å². The van der Waals surface area contributed by atoms with E-state index in [0.717, 1.165) is 49.1 Å². The normalized spacial score (nSPS) is 24.0. The van der Waals surface area contributed by atoms with E-state index in [0.29, 0.717) is 36.3 Å². The smallest absolute Gasteiger partial charge is 0.255 e. The Kier molecular flexibility index (Phi) is 6.56. The van der Waals surface area contributed by atoms with Crippen molar-refractivity contribution in [3.63, 3.8) is 0 Å². The third-order valence-electron chi connectivity index (χ3n) is 7.23. The van der Waals surface area contributed by atoms with Gasteiger partial charge in [0.05, 0.1) is 6.57 Å². The molecule has 3 atom stereocenters. The molecule has 2 aromatic carbocycles. The van der Waals surface area contributed by atoms with Crippen LogP contribution < -0.4 is 15.4 Å². The lowest BCUT2D eigenvalue weighted by Gasteiger charge is -2.33. The summed E-state index contributed by atoms with van der Waals surface area (Å²) >= 11 is 0. The minimum absolute atomic E-state index is 0.0488. The predicted octanol–water partition coefficient (Wildman–Crippen LogP) is 4.47. The van der Waals surface area contributed by atoms with Gasteiger partial charge >= 0.3 is 0 Å². The maximum Gasteiger partial charge on any atom is 0.255 e. The van der Waals surface area contributed by atoms with Gasteiger partial charge in [-0.2, -0.15) is 0 Å². The molecule has 2 heterocycles. The maximum absolute atomic E-state index is 13.0. The average molecular weight is 471 g/mol. The molecule has 1 aliphatic carbocycles. The zero-order valence-corrected chi connectivity index (χ0v) is 19.8. The van der Waals surface area contributed by atoms with Crippen molar-refractivity contribution < 1.29 is 14.3 Å². The number of nitrogens with one attached hydrogen (secondary N) is 2. The van der Waals surface area contributed by atoms with Crippen LogP contribution in [0.4, 0.5) is 5.69 Å². The Morgan fingerprint density at radius 3 is 2.69 bits per heavy atom. The third kappa shape index (κ3) is 4.94. The molecule has 180 valence electrons. The van der Waals surface area contributed by atoms with Crippen molar-refractivity contribution in [1.82, 2.24) is 15.5 Å². The van der Waals surface area contributed by atoms with Gasteiger partial charge in [0, 0.05) is 30.4 Å². The molecular weight excluding hydrogens is 440 g/mol. The van der Waals surface area contributed by atoms with E-state index in [-0.39, 0.29) is 24.0 Å². The molecular formula is C28H30N4O3. The number of allylic oxidation sites excluding steroid dienone is 1. The van der Waals surface area contributed by atoms with E-state index in [1.165, 1.54) is 0 Å². The Hall–Kier alpha value is -3.63. The molecule has 7 heteroatoms. The van der Waals surface area contributed by atoms with Crippen LogP contribution in [0, 0.1) is 6.57 Å². The number of hydrogen-bond acceptors (Lipinski definition) is 4. The molecule has 2 N–H and O–H groups in total. The van der Waals surface area contributed by atoms with Crippen LogP contribution in [0.5, 0.6) is 5.75 Å². The second-order valence-corrected chi connectivity index (χ2v) is 9.61. The Balaban J connectivity index is 1.24. The molecule has 7 nitrogen and oxygen atoms in total. The number of rotatable bonds is 6. The van der Waals surface area contributed by atoms with Crippen LogP contribution in [-0.2, 0) is 17.9 Å². The van der Waals surface area contributed by atoms with Gasteiger partial charge in [0.25, 0.3) is 5.91 Å². The van der Waals surface area contributed by atoms with Crippen molar-refractivity contribution >= 4 is 17.5 Å². The van der Waals surface area contributed by atoms with Crippen LogP contribution in [-0.4, -0.2) is 34.9 Å². The second kappa shape index (κ2) is 9.93. The van der Waals surface area contributed by atoms with E-state index in [4.69, 9.17) is 11.3 Å². The van der Waals surface area contributed by atoms with Gasteiger partial charge in [-0.3, -0.25) is 9.59 Å². The molecule has 0 spiro atoms. The lowest BCUT2D eigenvalue weighted by atomic mass is 9.92. The van der Waals surface area contributed by atoms with E-state index < -0.39 is 6.04 Å². The number of carbonyl (C=O) groups is 2. The maximum atomic E-state index is 13.0. The van der Waals surface area contributed by atoms with E-state index in [2.05, 4.69) is 22.1 Å². The van der Waals surface area contributed by atoms with Gasteiger partial charge < -0.3 is 20.3 Å². The van der Waals surface area contributed by atoms with Gasteiger partial charge in [-0.15, -0.1) is 0 Å². The summed E-state index contributed by atoms with van der Waals surface area (Å²) in [6.07, 6.45) is 5.65. The molecule has 1 unspecified atom stereocenters. The summed E-state index contributed by atoms with van der Waals surface area (Å²) in [6.45, 7) is 12.1. The Morgan fingerprint density at radius 2 is 1.91 bits per heavy atom. The van der Waals surface area contributed by atoms with Crippen LogP contribution >= 0.6 is 0 Å². The highest BCUT2D eigenvalue weighted by molar-refractivity contribution is 6.01. The summed E-state index contributed by atoms with van der Waals surface area (Å²) in [7, 11) is 0. The van der Waals surface area contributed by atoms with E-state index >= 15 is 0 Å². The lowest BCUT2D eigenvalue weighted by Crippen LogP contribution is -2.49. The first-order valence-corrected chi connectivity index (χ1v) is 12.3. The lowest BCUT2D eigenvalue weighted by molar-refractivity contribution is -0.126. The predicted molar refractivity (Wildman–Crippen MR) is 133 cm³/mol. The molecule has 2 aliphatic heterocycles. The molecule has 0 aromatic heterocycles. The number of amides is 2. The minimum atomic E-state index is -0.458. The number of piperidine rings is 1. The topological polar surface area (TPSA) is 75.0 Å². The van der Waals surface area contributed by atoms with Crippen LogP contribution in [0.1, 0.15) is 60.0 Å². The summed E-state index contributed by atoms with van der Waals surface area (Å²) in [5.74, 6) is 0.513. The summed E-state index contributed by atoms with van der Waals surface area (Å²) in [5, 5.41) is 6.43. The molecule has 2 aromatic rings. The fourth-order valence-corrected chi connectivity index (χ4v) is 5.29. The second-order valence-electron chi connectivity index (χ2n) is 9.61. The Labute approximate surface area is 206 Å². The number of nitrogens with zero attached hydrogens (tertiary/aromatic N) is 2. The SMILES string of the molecule is [C-]#[N+]c1ccc(CN[C@H]2CCCC[C@H]2Oc2ccc3c(c2)CN(C2CCC(=C)NC2=O)C3=O)cc1. The molecule has 2 amide bonds. The third-order valence-corrected chi connectivity index (χ3v) is 7.23. The van der Waals surface area contributed by atoms with Gasteiger partial charge in [-0.25, -0.2) is 4.85 Å². The Bertz CT molecular complexity index is 1180. The summed E-state index contributed by atoms with van der Waals surface area (Å²) in [4.78, 5) is 30.5. The first kappa shape index (κ1) is 23.1. The molecule has 35 heavy (non-hydrogen) atoms. The summed E-state index contributed by atoms with van der Waals surface area (Å²) < 4.78 is 6.45. The molecule has 1 saturated heterocycles. The molecule has 1 saturated carbocycles. The Morgan fingerprint density at radius 1 is 1.11 bits per heavy atom. The van der Waals surface area contributed by atoms with Crippen molar-refractivity contribution in [2.24, 2.45) is 0 Å². The summed E-state index contributed by atoms with van der Waals surface area (Å²) in [6, 6.07) is 13.1.